The summed E-state index contributed by atoms with van der Waals surface area (Å²) in [5.41, 5.74) is 0.549. The van der Waals surface area contributed by atoms with E-state index >= 15 is 0 Å². The first-order valence-corrected chi connectivity index (χ1v) is 8.41. The summed E-state index contributed by atoms with van der Waals surface area (Å²) in [5, 5.41) is 3.79. The van der Waals surface area contributed by atoms with Crippen LogP contribution in [0.2, 0.25) is 0 Å². The summed E-state index contributed by atoms with van der Waals surface area (Å²) in [5.74, 6) is 1.87. The number of hydrogen-bond acceptors (Lipinski definition) is 4. The summed E-state index contributed by atoms with van der Waals surface area (Å²) in [6, 6.07) is 5.61. The molecule has 1 saturated heterocycles. The Balaban J connectivity index is 2.04. The van der Waals surface area contributed by atoms with E-state index in [-0.39, 0.29) is 5.91 Å². The molecule has 1 N–H and O–H groups in total. The van der Waals surface area contributed by atoms with E-state index < -0.39 is 0 Å². The predicted molar refractivity (Wildman–Crippen MR) is 85.5 cm³/mol. The highest BCUT2D eigenvalue weighted by Gasteiger charge is 2.24. The van der Waals surface area contributed by atoms with Crippen molar-refractivity contribution in [3.8, 4) is 0 Å². The van der Waals surface area contributed by atoms with Crippen LogP contribution in [0.15, 0.2) is 18.2 Å². The first-order valence-electron chi connectivity index (χ1n) is 7.36. The highest BCUT2D eigenvalue weighted by atomic mass is 32.2. The van der Waals surface area contributed by atoms with Crippen LogP contribution in [0.5, 0.6) is 0 Å². The van der Waals surface area contributed by atoms with Crippen LogP contribution in [-0.2, 0) is 0 Å². The van der Waals surface area contributed by atoms with Gasteiger partial charge in [0.05, 0.1) is 0 Å². The smallest absolute Gasteiger partial charge is 0.272 e. The minimum absolute atomic E-state index is 0.0592. The minimum Gasteiger partial charge on any atom is -0.370 e. The van der Waals surface area contributed by atoms with E-state index in [0.29, 0.717) is 10.9 Å². The quantitative estimate of drug-likeness (QED) is 0.906. The van der Waals surface area contributed by atoms with E-state index in [1.54, 1.807) is 0 Å². The maximum atomic E-state index is 12.5. The van der Waals surface area contributed by atoms with Crippen molar-refractivity contribution in [1.82, 2.24) is 9.88 Å². The van der Waals surface area contributed by atoms with Crippen LogP contribution in [0.25, 0.3) is 0 Å². The van der Waals surface area contributed by atoms with Gasteiger partial charge < -0.3 is 10.2 Å². The molecule has 1 unspecified atom stereocenters. The number of amides is 1. The van der Waals surface area contributed by atoms with Gasteiger partial charge in [0.25, 0.3) is 5.91 Å². The number of hydrogen-bond donors (Lipinski definition) is 1. The fourth-order valence-electron chi connectivity index (χ4n) is 2.22. The highest BCUT2D eigenvalue weighted by molar-refractivity contribution is 8.00. The first-order chi connectivity index (χ1) is 9.74. The molecule has 4 nitrogen and oxygen atoms in total. The summed E-state index contributed by atoms with van der Waals surface area (Å²) in [6.07, 6.45) is 2.15. The summed E-state index contributed by atoms with van der Waals surface area (Å²) >= 11 is 1.97. The molecule has 5 heteroatoms. The van der Waals surface area contributed by atoms with E-state index in [9.17, 15) is 4.79 Å². The van der Waals surface area contributed by atoms with Crippen LogP contribution in [0.4, 0.5) is 5.82 Å². The standard InChI is InChI=1S/C15H23N3OS/c1-3-8-16-14-7-5-6-13(17-14)15(19)18-9-10-20-12(4-2)11-18/h5-7,12H,3-4,8-11H2,1-2H3,(H,16,17). The molecule has 2 rings (SSSR count). The lowest BCUT2D eigenvalue weighted by atomic mass is 10.2. The van der Waals surface area contributed by atoms with Crippen molar-refractivity contribution in [2.45, 2.75) is 31.9 Å². The molecule has 0 saturated carbocycles. The van der Waals surface area contributed by atoms with E-state index in [1.807, 2.05) is 34.9 Å². The zero-order chi connectivity index (χ0) is 14.4. The summed E-state index contributed by atoms with van der Waals surface area (Å²) in [6.45, 7) is 6.84. The average molecular weight is 293 g/mol. The van der Waals surface area contributed by atoms with Gasteiger partial charge in [-0.05, 0) is 25.0 Å². The third kappa shape index (κ3) is 3.88. The molecule has 2 heterocycles. The minimum atomic E-state index is 0.0592. The fraction of sp³-hybridized carbons (Fsp3) is 0.600. The molecule has 1 fully saturated rings. The van der Waals surface area contributed by atoms with Gasteiger partial charge in [0.1, 0.15) is 11.5 Å². The molecule has 1 aliphatic heterocycles. The van der Waals surface area contributed by atoms with Crippen LogP contribution in [0.1, 0.15) is 37.2 Å². The first kappa shape index (κ1) is 15.2. The lowest BCUT2D eigenvalue weighted by Crippen LogP contribution is -2.42. The fourth-order valence-corrected chi connectivity index (χ4v) is 3.40. The Morgan fingerprint density at radius 3 is 3.10 bits per heavy atom. The molecular weight excluding hydrogens is 270 g/mol. The topological polar surface area (TPSA) is 45.2 Å². The lowest BCUT2D eigenvalue weighted by Gasteiger charge is -2.31. The molecule has 20 heavy (non-hydrogen) atoms. The highest BCUT2D eigenvalue weighted by Crippen LogP contribution is 2.22. The molecule has 110 valence electrons. The van der Waals surface area contributed by atoms with E-state index in [1.165, 1.54) is 0 Å². The van der Waals surface area contributed by atoms with Crippen molar-refractivity contribution in [3.63, 3.8) is 0 Å². The summed E-state index contributed by atoms with van der Waals surface area (Å²) in [7, 11) is 0. The van der Waals surface area contributed by atoms with Gasteiger partial charge in [0.15, 0.2) is 0 Å². The molecule has 0 bridgehead atoms. The molecule has 1 atom stereocenters. The third-order valence-electron chi connectivity index (χ3n) is 3.41. The van der Waals surface area contributed by atoms with E-state index in [2.05, 4.69) is 24.1 Å². The van der Waals surface area contributed by atoms with Crippen molar-refractivity contribution >= 4 is 23.5 Å². The predicted octanol–water partition coefficient (Wildman–Crippen LogP) is 2.87. The van der Waals surface area contributed by atoms with Crippen LogP contribution in [-0.4, -0.2) is 46.4 Å². The Hall–Kier alpha value is -1.23. The third-order valence-corrected chi connectivity index (χ3v) is 4.78. The number of rotatable bonds is 5. The van der Waals surface area contributed by atoms with Gasteiger partial charge in [0.2, 0.25) is 0 Å². The zero-order valence-electron chi connectivity index (χ0n) is 12.3. The van der Waals surface area contributed by atoms with Gasteiger partial charge in [-0.25, -0.2) is 4.98 Å². The second kappa shape index (κ2) is 7.53. The number of nitrogens with one attached hydrogen (secondary N) is 1. The van der Waals surface area contributed by atoms with Crippen molar-refractivity contribution in [3.05, 3.63) is 23.9 Å². The maximum Gasteiger partial charge on any atom is 0.272 e. The molecule has 1 amide bonds. The average Bonchev–Trinajstić information content (AvgIpc) is 2.52. The maximum absolute atomic E-state index is 12.5. The monoisotopic (exact) mass is 293 g/mol. The number of thioether (sulfide) groups is 1. The number of pyridine rings is 1. The largest absolute Gasteiger partial charge is 0.370 e. The van der Waals surface area contributed by atoms with Gasteiger partial charge in [-0.15, -0.1) is 0 Å². The van der Waals surface area contributed by atoms with Gasteiger partial charge >= 0.3 is 0 Å². The molecule has 0 aliphatic carbocycles. The van der Waals surface area contributed by atoms with E-state index in [0.717, 1.165) is 44.0 Å². The number of anilines is 1. The summed E-state index contributed by atoms with van der Waals surface area (Å²) < 4.78 is 0. The molecule has 0 spiro atoms. The Morgan fingerprint density at radius 2 is 2.35 bits per heavy atom. The van der Waals surface area contributed by atoms with Crippen molar-refractivity contribution in [2.75, 3.05) is 30.7 Å². The van der Waals surface area contributed by atoms with Gasteiger partial charge in [-0.2, -0.15) is 11.8 Å². The molecule has 0 aromatic carbocycles. The van der Waals surface area contributed by atoms with Gasteiger partial charge in [0, 0.05) is 30.6 Å². The van der Waals surface area contributed by atoms with Crippen molar-refractivity contribution in [2.24, 2.45) is 0 Å². The molecule has 0 radical (unpaired) electrons. The number of carbonyl (C=O) groups is 1. The van der Waals surface area contributed by atoms with Crippen molar-refractivity contribution in [1.29, 1.82) is 0 Å². The lowest BCUT2D eigenvalue weighted by molar-refractivity contribution is 0.0755. The normalized spacial score (nSPS) is 18.9. The van der Waals surface area contributed by atoms with Gasteiger partial charge in [-0.1, -0.05) is 19.9 Å². The van der Waals surface area contributed by atoms with Crippen LogP contribution in [0, 0.1) is 0 Å². The molecule has 1 aliphatic rings. The van der Waals surface area contributed by atoms with E-state index in [4.69, 9.17) is 0 Å². The number of nitrogens with zero attached hydrogens (tertiary/aromatic N) is 2. The Morgan fingerprint density at radius 1 is 1.50 bits per heavy atom. The molecule has 1 aromatic heterocycles. The molecule has 1 aromatic rings. The number of carbonyl (C=O) groups excluding carboxylic acids is 1. The van der Waals surface area contributed by atoms with Gasteiger partial charge in [-0.3, -0.25) is 4.79 Å². The van der Waals surface area contributed by atoms with Crippen LogP contribution >= 0.6 is 11.8 Å². The molecular formula is C15H23N3OS. The number of aromatic nitrogens is 1. The van der Waals surface area contributed by atoms with Crippen molar-refractivity contribution < 1.29 is 4.79 Å². The van der Waals surface area contributed by atoms with Crippen LogP contribution in [0.3, 0.4) is 0 Å². The Labute approximate surface area is 125 Å². The SMILES string of the molecule is CCCNc1cccc(C(=O)N2CCSC(CC)C2)n1. The zero-order valence-corrected chi connectivity index (χ0v) is 13.1. The second-order valence-electron chi connectivity index (χ2n) is 4.99. The Kier molecular flexibility index (Phi) is 5.71. The van der Waals surface area contributed by atoms with Crippen LogP contribution < -0.4 is 5.32 Å². The summed E-state index contributed by atoms with van der Waals surface area (Å²) in [4.78, 5) is 18.9. The second-order valence-corrected chi connectivity index (χ2v) is 6.40. The Bertz CT molecular complexity index is 452.